The Bertz CT molecular complexity index is 4220. The molecule has 5 heteroatoms. The number of rotatable bonds is 7. The standard InChI is InChI=1S/C65H40N4S/c1-3-14-41(15-4-1)43-26-30-46(31-27-43)63-66-64(47-32-28-44(29-33-47)42-16-5-2-6-17-42)68-65(67-63)50-35-37-57(55(39-50)52-23-13-25-60-61(52)54-22-11-12-24-59(54)70-60)69-58-40-49-20-8-7-19-48(49)38-56(58)53-36-34-45-18-9-10-21-51(45)62(53)69/h1-40H. The van der Waals surface area contributed by atoms with Crippen LogP contribution in [0, 0.1) is 0 Å². The van der Waals surface area contributed by atoms with Crippen LogP contribution in [0.5, 0.6) is 0 Å². The Morgan fingerprint density at radius 3 is 1.49 bits per heavy atom. The second-order valence-corrected chi connectivity index (χ2v) is 19.0. The van der Waals surface area contributed by atoms with Crippen molar-refractivity contribution in [3.63, 3.8) is 0 Å². The zero-order valence-electron chi connectivity index (χ0n) is 37.8. The van der Waals surface area contributed by atoms with Crippen LogP contribution in [0.3, 0.4) is 0 Å². The van der Waals surface area contributed by atoms with Crippen LogP contribution in [0.1, 0.15) is 0 Å². The highest BCUT2D eigenvalue weighted by molar-refractivity contribution is 7.25. The van der Waals surface area contributed by atoms with Crippen molar-refractivity contribution in [3.05, 3.63) is 243 Å². The van der Waals surface area contributed by atoms with Crippen LogP contribution >= 0.6 is 11.3 Å². The van der Waals surface area contributed by atoms with Crippen molar-refractivity contribution in [1.82, 2.24) is 19.5 Å². The van der Waals surface area contributed by atoms with Crippen LogP contribution in [0.2, 0.25) is 0 Å². The molecule has 326 valence electrons. The van der Waals surface area contributed by atoms with Crippen molar-refractivity contribution < 1.29 is 0 Å². The van der Waals surface area contributed by atoms with Gasteiger partial charge >= 0.3 is 0 Å². The second kappa shape index (κ2) is 16.3. The zero-order chi connectivity index (χ0) is 46.1. The van der Waals surface area contributed by atoms with Crippen LogP contribution < -0.4 is 0 Å². The molecular weight excluding hydrogens is 869 g/mol. The third kappa shape index (κ3) is 6.70. The van der Waals surface area contributed by atoms with Gasteiger partial charge in [0.05, 0.1) is 16.7 Å². The highest BCUT2D eigenvalue weighted by atomic mass is 32.1. The fourth-order valence-electron chi connectivity index (χ4n) is 10.4. The van der Waals surface area contributed by atoms with E-state index >= 15 is 0 Å². The molecule has 0 aliphatic heterocycles. The summed E-state index contributed by atoms with van der Waals surface area (Å²) < 4.78 is 5.02. The predicted molar refractivity (Wildman–Crippen MR) is 295 cm³/mol. The van der Waals surface area contributed by atoms with Crippen LogP contribution in [0.4, 0.5) is 0 Å². The second-order valence-electron chi connectivity index (χ2n) is 17.9. The maximum atomic E-state index is 5.34. The molecule has 0 aliphatic carbocycles. The normalized spacial score (nSPS) is 11.7. The summed E-state index contributed by atoms with van der Waals surface area (Å²) in [6, 6.07) is 87.1. The largest absolute Gasteiger partial charge is 0.308 e. The van der Waals surface area contributed by atoms with Crippen molar-refractivity contribution in [2.24, 2.45) is 0 Å². The average molecular weight is 909 g/mol. The Morgan fingerprint density at radius 1 is 0.300 bits per heavy atom. The number of fused-ring (bicyclic) bond motifs is 9. The smallest absolute Gasteiger partial charge is 0.164 e. The summed E-state index contributed by atoms with van der Waals surface area (Å²) in [7, 11) is 0. The zero-order valence-corrected chi connectivity index (χ0v) is 38.6. The molecular formula is C65H40N4S. The molecule has 0 fully saturated rings. The van der Waals surface area contributed by atoms with Gasteiger partial charge in [0.25, 0.3) is 0 Å². The summed E-state index contributed by atoms with van der Waals surface area (Å²) in [4.78, 5) is 15.9. The van der Waals surface area contributed by atoms with E-state index in [4.69, 9.17) is 15.0 Å². The quantitative estimate of drug-likeness (QED) is 0.160. The lowest BCUT2D eigenvalue weighted by molar-refractivity contribution is 1.07. The molecule has 0 aliphatic rings. The summed E-state index contributed by atoms with van der Waals surface area (Å²) in [5.41, 5.74) is 13.0. The molecule has 3 heterocycles. The van der Waals surface area contributed by atoms with Gasteiger partial charge in [0, 0.05) is 58.6 Å². The molecule has 14 rings (SSSR count). The molecule has 11 aromatic carbocycles. The van der Waals surface area contributed by atoms with E-state index in [0.29, 0.717) is 17.5 Å². The van der Waals surface area contributed by atoms with E-state index in [9.17, 15) is 0 Å². The third-order valence-corrected chi connectivity index (χ3v) is 15.0. The minimum atomic E-state index is 0.605. The van der Waals surface area contributed by atoms with Crippen molar-refractivity contribution in [1.29, 1.82) is 0 Å². The number of thiophene rings is 1. The molecule has 4 nitrogen and oxygen atoms in total. The summed E-state index contributed by atoms with van der Waals surface area (Å²) in [6.45, 7) is 0. The van der Waals surface area contributed by atoms with Crippen molar-refractivity contribution >= 4 is 74.9 Å². The van der Waals surface area contributed by atoms with E-state index in [1.165, 1.54) is 58.0 Å². The lowest BCUT2D eigenvalue weighted by atomic mass is 9.95. The first-order chi connectivity index (χ1) is 34.7. The monoisotopic (exact) mass is 908 g/mol. The topological polar surface area (TPSA) is 43.6 Å². The molecule has 0 saturated carbocycles. The Hall–Kier alpha value is -9.03. The summed E-state index contributed by atoms with van der Waals surface area (Å²) in [5.74, 6) is 1.83. The molecule has 14 aromatic rings. The first-order valence-electron chi connectivity index (χ1n) is 23.7. The van der Waals surface area contributed by atoms with Crippen molar-refractivity contribution in [3.8, 4) is 73.2 Å². The van der Waals surface area contributed by atoms with E-state index in [-0.39, 0.29) is 0 Å². The maximum Gasteiger partial charge on any atom is 0.164 e. The fraction of sp³-hybridized carbons (Fsp3) is 0. The molecule has 3 aromatic heterocycles. The van der Waals surface area contributed by atoms with Gasteiger partial charge in [-0.1, -0.05) is 200 Å². The van der Waals surface area contributed by atoms with Crippen molar-refractivity contribution in [2.45, 2.75) is 0 Å². The average Bonchev–Trinajstić information content (AvgIpc) is 3.98. The van der Waals surface area contributed by atoms with E-state index < -0.39 is 0 Å². The van der Waals surface area contributed by atoms with Crippen molar-refractivity contribution in [2.75, 3.05) is 0 Å². The van der Waals surface area contributed by atoms with Gasteiger partial charge in [-0.3, -0.25) is 0 Å². The van der Waals surface area contributed by atoms with Gasteiger partial charge in [0.15, 0.2) is 17.5 Å². The highest BCUT2D eigenvalue weighted by Gasteiger charge is 2.23. The van der Waals surface area contributed by atoms with Gasteiger partial charge in [0.1, 0.15) is 0 Å². The minimum Gasteiger partial charge on any atom is -0.308 e. The lowest BCUT2D eigenvalue weighted by Gasteiger charge is -2.18. The first kappa shape index (κ1) is 40.1. The molecule has 0 N–H and O–H groups in total. The summed E-state index contributed by atoms with van der Waals surface area (Å²) in [6.07, 6.45) is 0. The molecule has 0 spiro atoms. The first-order valence-corrected chi connectivity index (χ1v) is 24.5. The van der Waals surface area contributed by atoms with E-state index in [0.717, 1.165) is 61.3 Å². The van der Waals surface area contributed by atoms with Crippen LogP contribution in [-0.2, 0) is 0 Å². The van der Waals surface area contributed by atoms with Gasteiger partial charge in [-0.25, -0.2) is 15.0 Å². The molecule has 70 heavy (non-hydrogen) atoms. The van der Waals surface area contributed by atoms with Gasteiger partial charge in [-0.05, 0) is 86.4 Å². The Balaban J connectivity index is 1.03. The molecule has 0 saturated heterocycles. The Labute approximate surface area is 408 Å². The number of hydrogen-bond donors (Lipinski definition) is 0. The van der Waals surface area contributed by atoms with E-state index in [1.807, 2.05) is 23.5 Å². The molecule has 0 atom stereocenters. The third-order valence-electron chi connectivity index (χ3n) is 13.8. The minimum absolute atomic E-state index is 0.605. The Morgan fingerprint density at radius 2 is 0.814 bits per heavy atom. The number of nitrogens with zero attached hydrogens (tertiary/aromatic N) is 4. The molecule has 0 amide bonds. The molecule has 0 unspecified atom stereocenters. The van der Waals surface area contributed by atoms with Gasteiger partial charge in [-0.2, -0.15) is 0 Å². The summed E-state index contributed by atoms with van der Waals surface area (Å²) in [5, 5.41) is 9.75. The van der Waals surface area contributed by atoms with E-state index in [1.54, 1.807) is 0 Å². The predicted octanol–water partition coefficient (Wildman–Crippen LogP) is 17.6. The van der Waals surface area contributed by atoms with Crippen LogP contribution in [0.15, 0.2) is 243 Å². The van der Waals surface area contributed by atoms with E-state index in [2.05, 4.69) is 235 Å². The molecule has 0 bridgehead atoms. The van der Waals surface area contributed by atoms with Gasteiger partial charge in [-0.15, -0.1) is 11.3 Å². The summed E-state index contributed by atoms with van der Waals surface area (Å²) >= 11 is 1.84. The SMILES string of the molecule is c1ccc(-c2ccc(-c3nc(-c4ccc(-c5ccccc5)cc4)nc(-c4ccc(-n5c6cc7ccccc7cc6c6ccc7ccccc7c65)c(-c5cccc6sc7ccccc7c56)c4)n3)cc2)cc1. The lowest BCUT2D eigenvalue weighted by Crippen LogP contribution is -2.02. The number of benzene rings is 11. The molecule has 0 radical (unpaired) electrons. The Kier molecular flexibility index (Phi) is 9.36. The van der Waals surface area contributed by atoms with Gasteiger partial charge in [0.2, 0.25) is 0 Å². The van der Waals surface area contributed by atoms with Gasteiger partial charge < -0.3 is 4.57 Å². The number of aromatic nitrogens is 4. The highest BCUT2D eigenvalue weighted by Crippen LogP contribution is 2.46. The van der Waals surface area contributed by atoms with Crippen LogP contribution in [-0.4, -0.2) is 19.5 Å². The van der Waals surface area contributed by atoms with Crippen LogP contribution in [0.25, 0.3) is 137 Å². The number of hydrogen-bond acceptors (Lipinski definition) is 4. The maximum absolute atomic E-state index is 5.34. The fourth-order valence-corrected chi connectivity index (χ4v) is 11.6.